The Morgan fingerprint density at radius 2 is 1.90 bits per heavy atom. The minimum Gasteiger partial charge on any atom is -0.354 e. The van der Waals surface area contributed by atoms with Gasteiger partial charge < -0.3 is 10.6 Å². The molecule has 20 heavy (non-hydrogen) atoms. The molecule has 0 radical (unpaired) electrons. The van der Waals surface area contributed by atoms with Crippen LogP contribution in [-0.4, -0.2) is 23.6 Å². The number of anilines is 1. The van der Waals surface area contributed by atoms with Gasteiger partial charge in [0, 0.05) is 24.0 Å². The lowest BCUT2D eigenvalue weighted by Crippen LogP contribution is -2.33. The fourth-order valence-electron chi connectivity index (χ4n) is 2.65. The van der Waals surface area contributed by atoms with Crippen LogP contribution in [0.3, 0.4) is 0 Å². The van der Waals surface area contributed by atoms with E-state index >= 15 is 0 Å². The average molecular weight is 271 g/mol. The molecule has 0 saturated heterocycles. The lowest BCUT2D eigenvalue weighted by atomic mass is 10.0. The van der Waals surface area contributed by atoms with Crippen LogP contribution in [-0.2, 0) is 6.42 Å². The number of hydrogen-bond donors (Lipinski definition) is 1. The van der Waals surface area contributed by atoms with Gasteiger partial charge in [0.2, 0.25) is 0 Å². The van der Waals surface area contributed by atoms with Gasteiger partial charge in [0.15, 0.2) is 0 Å². The van der Waals surface area contributed by atoms with Gasteiger partial charge in [-0.05, 0) is 51.8 Å². The maximum atomic E-state index is 6.01. The second kappa shape index (κ2) is 6.23. The second-order valence-corrected chi connectivity index (χ2v) is 5.72. The average Bonchev–Trinajstić information content (AvgIpc) is 2.39. The number of benzene rings is 1. The number of hydrogen-bond acceptors (Lipinski definition) is 3. The SMILES string of the molecule is CCN(c1nc2ccccc2cc1CC(C)N)C(C)C. The number of para-hydroxylation sites is 1. The normalized spacial score (nSPS) is 12.9. The summed E-state index contributed by atoms with van der Waals surface area (Å²) in [5, 5.41) is 1.19. The fourth-order valence-corrected chi connectivity index (χ4v) is 2.65. The molecule has 1 unspecified atom stereocenters. The summed E-state index contributed by atoms with van der Waals surface area (Å²) in [6.45, 7) is 9.58. The van der Waals surface area contributed by atoms with Gasteiger partial charge in [0.1, 0.15) is 5.82 Å². The highest BCUT2D eigenvalue weighted by molar-refractivity contribution is 5.82. The maximum Gasteiger partial charge on any atom is 0.132 e. The van der Waals surface area contributed by atoms with E-state index in [4.69, 9.17) is 10.7 Å². The van der Waals surface area contributed by atoms with Crippen molar-refractivity contribution in [2.45, 2.75) is 46.2 Å². The van der Waals surface area contributed by atoms with Crippen LogP contribution >= 0.6 is 0 Å². The number of aromatic nitrogens is 1. The van der Waals surface area contributed by atoms with Crippen molar-refractivity contribution >= 4 is 16.7 Å². The number of fused-ring (bicyclic) bond motifs is 1. The lowest BCUT2D eigenvalue weighted by molar-refractivity contribution is 0.678. The summed E-state index contributed by atoms with van der Waals surface area (Å²) in [6, 6.07) is 11.1. The van der Waals surface area contributed by atoms with Gasteiger partial charge in [-0.1, -0.05) is 18.2 Å². The first-order chi connectivity index (χ1) is 9.52. The van der Waals surface area contributed by atoms with E-state index in [1.165, 1.54) is 10.9 Å². The van der Waals surface area contributed by atoms with Crippen molar-refractivity contribution in [3.05, 3.63) is 35.9 Å². The zero-order valence-electron chi connectivity index (χ0n) is 12.9. The zero-order chi connectivity index (χ0) is 14.7. The van der Waals surface area contributed by atoms with Crippen LogP contribution in [0.25, 0.3) is 10.9 Å². The minimum absolute atomic E-state index is 0.141. The summed E-state index contributed by atoms with van der Waals surface area (Å²) in [7, 11) is 0. The molecule has 3 heteroatoms. The predicted molar refractivity (Wildman–Crippen MR) is 87.3 cm³/mol. The smallest absolute Gasteiger partial charge is 0.132 e. The minimum atomic E-state index is 0.141. The van der Waals surface area contributed by atoms with E-state index in [2.05, 4.69) is 49.9 Å². The third kappa shape index (κ3) is 3.10. The van der Waals surface area contributed by atoms with E-state index in [-0.39, 0.29) is 6.04 Å². The molecule has 1 atom stereocenters. The molecule has 0 aliphatic carbocycles. The standard InChI is InChI=1S/C17H25N3/c1-5-20(12(2)3)17-15(10-13(4)18)11-14-8-6-7-9-16(14)19-17/h6-9,11-13H,5,10,18H2,1-4H3. The molecule has 0 amide bonds. The zero-order valence-corrected chi connectivity index (χ0v) is 12.9. The highest BCUT2D eigenvalue weighted by Crippen LogP contribution is 2.26. The topological polar surface area (TPSA) is 42.2 Å². The molecule has 0 saturated carbocycles. The first-order valence-electron chi connectivity index (χ1n) is 7.43. The Morgan fingerprint density at radius 1 is 1.20 bits per heavy atom. The molecular weight excluding hydrogens is 246 g/mol. The van der Waals surface area contributed by atoms with Gasteiger partial charge in [-0.25, -0.2) is 4.98 Å². The highest BCUT2D eigenvalue weighted by Gasteiger charge is 2.16. The van der Waals surface area contributed by atoms with Crippen molar-refractivity contribution in [1.82, 2.24) is 4.98 Å². The van der Waals surface area contributed by atoms with Crippen molar-refractivity contribution in [2.75, 3.05) is 11.4 Å². The van der Waals surface area contributed by atoms with E-state index in [1.807, 2.05) is 13.0 Å². The quantitative estimate of drug-likeness (QED) is 0.906. The van der Waals surface area contributed by atoms with Crippen LogP contribution in [0.1, 0.15) is 33.3 Å². The second-order valence-electron chi connectivity index (χ2n) is 5.72. The van der Waals surface area contributed by atoms with E-state index < -0.39 is 0 Å². The van der Waals surface area contributed by atoms with Crippen LogP contribution in [0.5, 0.6) is 0 Å². The van der Waals surface area contributed by atoms with Crippen molar-refractivity contribution in [1.29, 1.82) is 0 Å². The maximum absolute atomic E-state index is 6.01. The molecule has 2 rings (SSSR count). The molecule has 2 N–H and O–H groups in total. The Kier molecular flexibility index (Phi) is 4.61. The van der Waals surface area contributed by atoms with E-state index in [9.17, 15) is 0 Å². The van der Waals surface area contributed by atoms with E-state index in [0.29, 0.717) is 6.04 Å². The fraction of sp³-hybridized carbons (Fsp3) is 0.471. The van der Waals surface area contributed by atoms with Gasteiger partial charge in [0.05, 0.1) is 5.52 Å². The monoisotopic (exact) mass is 271 g/mol. The van der Waals surface area contributed by atoms with Crippen LogP contribution in [0.15, 0.2) is 30.3 Å². The van der Waals surface area contributed by atoms with Crippen LogP contribution in [0.2, 0.25) is 0 Å². The van der Waals surface area contributed by atoms with Gasteiger partial charge in [0.25, 0.3) is 0 Å². The number of rotatable bonds is 5. The summed E-state index contributed by atoms with van der Waals surface area (Å²) < 4.78 is 0. The molecule has 0 aliphatic heterocycles. The van der Waals surface area contributed by atoms with Gasteiger partial charge in [-0.15, -0.1) is 0 Å². The number of nitrogens with two attached hydrogens (primary N) is 1. The molecule has 1 heterocycles. The summed E-state index contributed by atoms with van der Waals surface area (Å²) in [5.41, 5.74) is 8.30. The first-order valence-corrected chi connectivity index (χ1v) is 7.43. The van der Waals surface area contributed by atoms with Crippen molar-refractivity contribution in [2.24, 2.45) is 5.73 Å². The Bertz CT molecular complexity index is 575. The molecule has 1 aromatic carbocycles. The lowest BCUT2D eigenvalue weighted by Gasteiger charge is -2.29. The van der Waals surface area contributed by atoms with Gasteiger partial charge >= 0.3 is 0 Å². The Morgan fingerprint density at radius 3 is 2.50 bits per heavy atom. The van der Waals surface area contributed by atoms with Crippen molar-refractivity contribution in [3.8, 4) is 0 Å². The molecule has 0 bridgehead atoms. The van der Waals surface area contributed by atoms with Gasteiger partial charge in [-0.2, -0.15) is 0 Å². The summed E-state index contributed by atoms with van der Waals surface area (Å²) in [4.78, 5) is 7.23. The van der Waals surface area contributed by atoms with E-state index in [1.54, 1.807) is 0 Å². The number of nitrogens with zero attached hydrogens (tertiary/aromatic N) is 2. The largest absolute Gasteiger partial charge is 0.354 e. The first kappa shape index (κ1) is 14.8. The Labute approximate surface area is 121 Å². The molecular formula is C17H25N3. The Hall–Kier alpha value is -1.61. The summed E-state index contributed by atoms with van der Waals surface area (Å²) >= 11 is 0. The van der Waals surface area contributed by atoms with Crippen molar-refractivity contribution < 1.29 is 0 Å². The highest BCUT2D eigenvalue weighted by atomic mass is 15.2. The van der Waals surface area contributed by atoms with E-state index in [0.717, 1.165) is 24.3 Å². The van der Waals surface area contributed by atoms with Crippen molar-refractivity contribution in [3.63, 3.8) is 0 Å². The van der Waals surface area contributed by atoms with Gasteiger partial charge in [-0.3, -0.25) is 0 Å². The molecule has 3 nitrogen and oxygen atoms in total. The summed E-state index contributed by atoms with van der Waals surface area (Å²) in [5.74, 6) is 1.08. The molecule has 1 aromatic heterocycles. The van der Waals surface area contributed by atoms with Crippen LogP contribution < -0.4 is 10.6 Å². The summed E-state index contributed by atoms with van der Waals surface area (Å²) in [6.07, 6.45) is 0.858. The molecule has 0 spiro atoms. The predicted octanol–water partition coefficient (Wildman–Crippen LogP) is 3.36. The third-order valence-corrected chi connectivity index (χ3v) is 3.56. The third-order valence-electron chi connectivity index (χ3n) is 3.56. The van der Waals surface area contributed by atoms with Crippen LogP contribution in [0.4, 0.5) is 5.82 Å². The van der Waals surface area contributed by atoms with Crippen LogP contribution in [0, 0.1) is 0 Å². The molecule has 2 aromatic rings. The number of pyridine rings is 1. The molecule has 108 valence electrons. The molecule has 0 aliphatic rings. The molecule has 0 fully saturated rings. The Balaban J connectivity index is 2.58.